The summed E-state index contributed by atoms with van der Waals surface area (Å²) in [6, 6.07) is 89.6. The van der Waals surface area contributed by atoms with Crippen molar-refractivity contribution in [2.75, 3.05) is 0 Å². The Balaban J connectivity index is 1.05. The van der Waals surface area contributed by atoms with Gasteiger partial charge in [0, 0.05) is 20.2 Å². The van der Waals surface area contributed by atoms with Gasteiger partial charge >= 0.3 is 0 Å². The second-order valence-corrected chi connectivity index (χ2v) is 18.1. The fourth-order valence-electron chi connectivity index (χ4n) is 10.6. The molecule has 12 aromatic carbocycles. The predicted octanol–water partition coefficient (Wildman–Crippen LogP) is 18.7. The van der Waals surface area contributed by atoms with Crippen LogP contribution in [0.3, 0.4) is 0 Å². The summed E-state index contributed by atoms with van der Waals surface area (Å²) >= 11 is 1.92. The summed E-state index contributed by atoms with van der Waals surface area (Å²) in [5, 5.41) is 12.7. The number of thiophene rings is 1. The van der Waals surface area contributed by atoms with Crippen LogP contribution in [0.4, 0.5) is 0 Å². The van der Waals surface area contributed by atoms with E-state index < -0.39 is 0 Å². The summed E-state index contributed by atoms with van der Waals surface area (Å²) in [7, 11) is 0. The van der Waals surface area contributed by atoms with Crippen molar-refractivity contribution >= 4 is 74.6 Å². The van der Waals surface area contributed by atoms with Crippen molar-refractivity contribution in [3.05, 3.63) is 243 Å². The number of benzene rings is 12. The predicted molar refractivity (Wildman–Crippen MR) is 282 cm³/mol. The minimum atomic E-state index is 1.22. The first-order valence-corrected chi connectivity index (χ1v) is 23.2. The summed E-state index contributed by atoms with van der Waals surface area (Å²) in [5.74, 6) is 0. The van der Waals surface area contributed by atoms with Crippen LogP contribution < -0.4 is 0 Å². The Labute approximate surface area is 382 Å². The molecule has 1 aromatic heterocycles. The zero-order valence-electron chi connectivity index (χ0n) is 35.5. The standard InChI is InChI=1S/C64H40S/c1-5-19-41(20-6-1)59-53-29-15-13-27-49(53)51-37-35-45(39-57(51)61(59)43-23-9-3-10-24-43)47-31-17-33-55-56-34-18-32-48(64(56)65-63(47)55)46-36-38-52-50-28-14-16-30-54(50)60(42-21-7-2-8-22-42)62(58(52)40-46)44-25-11-4-12-26-44/h1-40H. The molecule has 0 unspecified atom stereocenters. The van der Waals surface area contributed by atoms with Gasteiger partial charge in [-0.15, -0.1) is 11.3 Å². The Kier molecular flexibility index (Phi) is 8.82. The average molecular weight is 841 g/mol. The molecule has 0 N–H and O–H groups in total. The van der Waals surface area contributed by atoms with Crippen LogP contribution in [0.15, 0.2) is 243 Å². The van der Waals surface area contributed by atoms with E-state index in [-0.39, 0.29) is 0 Å². The normalized spacial score (nSPS) is 11.7. The highest BCUT2D eigenvalue weighted by molar-refractivity contribution is 7.26. The Morgan fingerprint density at radius 2 is 0.477 bits per heavy atom. The third kappa shape index (κ3) is 6.05. The quantitative estimate of drug-likeness (QED) is 0.146. The van der Waals surface area contributed by atoms with E-state index in [4.69, 9.17) is 0 Å². The van der Waals surface area contributed by atoms with Crippen molar-refractivity contribution in [3.63, 3.8) is 0 Å². The molecule has 1 heterocycles. The van der Waals surface area contributed by atoms with Gasteiger partial charge in [0.2, 0.25) is 0 Å². The molecule has 1 heteroatoms. The average Bonchev–Trinajstić information content (AvgIpc) is 3.78. The maximum absolute atomic E-state index is 2.46. The molecule has 0 aliphatic heterocycles. The Morgan fingerprint density at radius 1 is 0.185 bits per heavy atom. The van der Waals surface area contributed by atoms with Crippen LogP contribution in [0.1, 0.15) is 0 Å². The molecule has 302 valence electrons. The molecule has 0 bridgehead atoms. The van der Waals surface area contributed by atoms with Gasteiger partial charge in [-0.2, -0.15) is 0 Å². The van der Waals surface area contributed by atoms with E-state index in [1.165, 1.54) is 130 Å². The fraction of sp³-hybridized carbons (Fsp3) is 0. The highest BCUT2D eigenvalue weighted by atomic mass is 32.1. The minimum absolute atomic E-state index is 1.22. The van der Waals surface area contributed by atoms with E-state index >= 15 is 0 Å². The van der Waals surface area contributed by atoms with Crippen molar-refractivity contribution in [2.24, 2.45) is 0 Å². The molecule has 0 saturated carbocycles. The van der Waals surface area contributed by atoms with Crippen LogP contribution in [0.5, 0.6) is 0 Å². The van der Waals surface area contributed by atoms with Crippen molar-refractivity contribution in [2.45, 2.75) is 0 Å². The monoisotopic (exact) mass is 840 g/mol. The van der Waals surface area contributed by atoms with Gasteiger partial charge in [-0.3, -0.25) is 0 Å². The lowest BCUT2D eigenvalue weighted by atomic mass is 9.84. The second kappa shape index (κ2) is 15.3. The topological polar surface area (TPSA) is 0 Å². The smallest absolute Gasteiger partial charge is 0.0434 e. The van der Waals surface area contributed by atoms with Crippen LogP contribution >= 0.6 is 11.3 Å². The molecule has 0 aliphatic rings. The molecule has 0 amide bonds. The maximum atomic E-state index is 2.46. The highest BCUT2D eigenvalue weighted by Gasteiger charge is 2.22. The minimum Gasteiger partial charge on any atom is -0.134 e. The number of rotatable bonds is 6. The van der Waals surface area contributed by atoms with Gasteiger partial charge in [0.25, 0.3) is 0 Å². The van der Waals surface area contributed by atoms with Crippen LogP contribution in [0.2, 0.25) is 0 Å². The molecule has 0 radical (unpaired) electrons. The van der Waals surface area contributed by atoms with Gasteiger partial charge in [0.05, 0.1) is 0 Å². The van der Waals surface area contributed by atoms with E-state index in [0.29, 0.717) is 0 Å². The molecule has 0 fully saturated rings. The van der Waals surface area contributed by atoms with E-state index in [0.717, 1.165) is 0 Å². The van der Waals surface area contributed by atoms with Crippen LogP contribution in [-0.4, -0.2) is 0 Å². The molecule has 0 aliphatic carbocycles. The van der Waals surface area contributed by atoms with Crippen LogP contribution in [-0.2, 0) is 0 Å². The summed E-state index contributed by atoms with van der Waals surface area (Å²) < 4.78 is 2.62. The Bertz CT molecular complexity index is 3700. The zero-order valence-corrected chi connectivity index (χ0v) is 36.3. The number of fused-ring (bicyclic) bond motifs is 9. The SMILES string of the molecule is c1ccc(-c2c(-c3ccccc3)c3cc(-c4cccc5c4sc4c(-c6ccc7c(c6)c(-c6ccccc6)c(-c6ccccc6)c6ccccc67)cccc45)ccc3c3ccccc23)cc1. The third-order valence-electron chi connectivity index (χ3n) is 13.4. The largest absolute Gasteiger partial charge is 0.134 e. The van der Waals surface area contributed by atoms with Crippen molar-refractivity contribution < 1.29 is 0 Å². The van der Waals surface area contributed by atoms with Crippen molar-refractivity contribution in [3.8, 4) is 66.8 Å². The molecular weight excluding hydrogens is 801 g/mol. The summed E-state index contributed by atoms with van der Waals surface area (Å²) in [6.45, 7) is 0. The van der Waals surface area contributed by atoms with Crippen LogP contribution in [0, 0.1) is 0 Å². The van der Waals surface area contributed by atoms with Crippen LogP contribution in [0.25, 0.3) is 130 Å². The fourth-order valence-corrected chi connectivity index (χ4v) is 12.0. The van der Waals surface area contributed by atoms with E-state index in [2.05, 4.69) is 243 Å². The maximum Gasteiger partial charge on any atom is 0.0434 e. The van der Waals surface area contributed by atoms with Gasteiger partial charge in [-0.05, 0) is 122 Å². The molecule has 13 rings (SSSR count). The molecular formula is C64H40S. The highest BCUT2D eigenvalue weighted by Crippen LogP contribution is 2.50. The lowest BCUT2D eigenvalue weighted by Crippen LogP contribution is -1.92. The molecule has 0 atom stereocenters. The van der Waals surface area contributed by atoms with Gasteiger partial charge in [0.15, 0.2) is 0 Å². The van der Waals surface area contributed by atoms with Crippen molar-refractivity contribution in [1.82, 2.24) is 0 Å². The van der Waals surface area contributed by atoms with Gasteiger partial charge in [-0.1, -0.05) is 231 Å². The number of hydrogen-bond donors (Lipinski definition) is 0. The Morgan fingerprint density at radius 3 is 0.846 bits per heavy atom. The Hall–Kier alpha value is -8.10. The van der Waals surface area contributed by atoms with Gasteiger partial charge in [0.1, 0.15) is 0 Å². The summed E-state index contributed by atoms with van der Waals surface area (Å²) in [6.07, 6.45) is 0. The third-order valence-corrected chi connectivity index (χ3v) is 14.7. The van der Waals surface area contributed by atoms with Crippen molar-refractivity contribution in [1.29, 1.82) is 0 Å². The first kappa shape index (κ1) is 37.5. The molecule has 0 nitrogen and oxygen atoms in total. The molecule has 13 aromatic rings. The van der Waals surface area contributed by atoms with E-state index in [1.807, 2.05) is 11.3 Å². The summed E-state index contributed by atoms with van der Waals surface area (Å²) in [4.78, 5) is 0. The molecule has 0 spiro atoms. The van der Waals surface area contributed by atoms with Gasteiger partial charge < -0.3 is 0 Å². The first-order chi connectivity index (χ1) is 32.3. The first-order valence-electron chi connectivity index (χ1n) is 22.4. The van der Waals surface area contributed by atoms with E-state index in [9.17, 15) is 0 Å². The summed E-state index contributed by atoms with van der Waals surface area (Å²) in [5.41, 5.74) is 14.9. The molecule has 0 saturated heterocycles. The number of hydrogen-bond acceptors (Lipinski definition) is 1. The molecule has 65 heavy (non-hydrogen) atoms. The van der Waals surface area contributed by atoms with Gasteiger partial charge in [-0.25, -0.2) is 0 Å². The lowest BCUT2D eigenvalue weighted by molar-refractivity contribution is 1.62. The second-order valence-electron chi connectivity index (χ2n) is 17.0. The zero-order chi connectivity index (χ0) is 42.8. The lowest BCUT2D eigenvalue weighted by Gasteiger charge is -2.19. The van der Waals surface area contributed by atoms with E-state index in [1.54, 1.807) is 0 Å².